The van der Waals surface area contributed by atoms with Crippen molar-refractivity contribution in [1.29, 1.82) is 0 Å². The molecular formula is C13H23F3N2. The summed E-state index contributed by atoms with van der Waals surface area (Å²) in [7, 11) is 0. The largest absolute Gasteiger partial charge is 0.406 e. The van der Waals surface area contributed by atoms with Crippen LogP contribution in [-0.4, -0.2) is 41.8 Å². The zero-order valence-electron chi connectivity index (χ0n) is 11.3. The Kier molecular flexibility index (Phi) is 3.67. The van der Waals surface area contributed by atoms with Crippen LogP contribution < -0.4 is 5.32 Å². The number of rotatable bonds is 3. The number of piperidine rings is 1. The Hall–Kier alpha value is -0.290. The van der Waals surface area contributed by atoms with E-state index in [0.717, 1.165) is 13.0 Å². The summed E-state index contributed by atoms with van der Waals surface area (Å²) in [6.07, 6.45) is -2.71. The van der Waals surface area contributed by atoms with Gasteiger partial charge < -0.3 is 5.32 Å². The summed E-state index contributed by atoms with van der Waals surface area (Å²) >= 11 is 0. The van der Waals surface area contributed by atoms with E-state index < -0.39 is 11.7 Å². The molecular weight excluding hydrogens is 241 g/mol. The van der Waals surface area contributed by atoms with E-state index >= 15 is 0 Å². The topological polar surface area (TPSA) is 15.3 Å². The maximum absolute atomic E-state index is 13.2. The molecule has 0 amide bonds. The maximum atomic E-state index is 13.2. The lowest BCUT2D eigenvalue weighted by Gasteiger charge is -2.47. The Bertz CT molecular complexity index is 299. The molecule has 1 aliphatic carbocycles. The van der Waals surface area contributed by atoms with Gasteiger partial charge in [0.05, 0.1) is 0 Å². The minimum Gasteiger partial charge on any atom is -0.314 e. The number of alkyl halides is 3. The van der Waals surface area contributed by atoms with Crippen molar-refractivity contribution in [3.8, 4) is 0 Å². The van der Waals surface area contributed by atoms with E-state index in [1.54, 1.807) is 4.90 Å². The second kappa shape index (κ2) is 4.67. The first-order valence-electron chi connectivity index (χ1n) is 6.90. The molecule has 2 rings (SSSR count). The third kappa shape index (κ3) is 2.16. The molecule has 1 saturated carbocycles. The minimum atomic E-state index is -4.08. The van der Waals surface area contributed by atoms with E-state index in [0.29, 0.717) is 12.6 Å². The van der Waals surface area contributed by atoms with Crippen LogP contribution in [0.2, 0.25) is 0 Å². The van der Waals surface area contributed by atoms with Crippen molar-refractivity contribution in [2.24, 2.45) is 5.92 Å². The van der Waals surface area contributed by atoms with Crippen LogP contribution in [0.1, 0.15) is 40.0 Å². The first kappa shape index (κ1) is 14.1. The average molecular weight is 264 g/mol. The van der Waals surface area contributed by atoms with Gasteiger partial charge in [-0.2, -0.15) is 13.2 Å². The highest BCUT2D eigenvalue weighted by molar-refractivity contribution is 5.12. The molecule has 0 bridgehead atoms. The Labute approximate surface area is 107 Å². The lowest BCUT2D eigenvalue weighted by atomic mass is 9.85. The van der Waals surface area contributed by atoms with E-state index in [9.17, 15) is 13.2 Å². The minimum absolute atomic E-state index is 0.00748. The van der Waals surface area contributed by atoms with Crippen molar-refractivity contribution >= 4 is 0 Å². The van der Waals surface area contributed by atoms with Crippen LogP contribution in [0.3, 0.4) is 0 Å². The van der Waals surface area contributed by atoms with E-state index in [2.05, 4.69) is 12.2 Å². The molecule has 2 aliphatic rings. The molecule has 0 radical (unpaired) electrons. The van der Waals surface area contributed by atoms with Gasteiger partial charge in [-0.1, -0.05) is 13.8 Å². The second-order valence-corrected chi connectivity index (χ2v) is 5.78. The molecule has 1 saturated heterocycles. The van der Waals surface area contributed by atoms with E-state index in [1.165, 1.54) is 0 Å². The number of nitrogens with zero attached hydrogens (tertiary/aromatic N) is 1. The van der Waals surface area contributed by atoms with Gasteiger partial charge in [0.1, 0.15) is 5.54 Å². The molecule has 3 atom stereocenters. The summed E-state index contributed by atoms with van der Waals surface area (Å²) < 4.78 is 39.5. The molecule has 0 spiro atoms. The van der Waals surface area contributed by atoms with Gasteiger partial charge in [0, 0.05) is 18.6 Å². The fraction of sp³-hybridized carbons (Fsp3) is 1.00. The Morgan fingerprint density at radius 3 is 2.33 bits per heavy atom. The number of halogens is 3. The summed E-state index contributed by atoms with van der Waals surface area (Å²) in [6.45, 7) is 7.49. The Balaban J connectivity index is 2.09. The molecule has 2 fully saturated rings. The van der Waals surface area contributed by atoms with Crippen molar-refractivity contribution in [2.75, 3.05) is 13.1 Å². The van der Waals surface area contributed by atoms with E-state index in [1.807, 2.05) is 13.8 Å². The van der Waals surface area contributed by atoms with Gasteiger partial charge >= 0.3 is 6.18 Å². The van der Waals surface area contributed by atoms with Crippen LogP contribution in [0.15, 0.2) is 0 Å². The summed E-state index contributed by atoms with van der Waals surface area (Å²) in [6, 6.07) is 0.345. The summed E-state index contributed by atoms with van der Waals surface area (Å²) in [4.78, 5) is 1.71. The SMILES string of the molecule is CCNC1CCN(C2(C(F)(F)F)CC2)C(C)C1C. The number of likely N-dealkylation sites (tertiary alicyclic amines) is 1. The van der Waals surface area contributed by atoms with Crippen LogP contribution >= 0.6 is 0 Å². The molecule has 5 heteroatoms. The second-order valence-electron chi connectivity index (χ2n) is 5.78. The predicted octanol–water partition coefficient (Wildman–Crippen LogP) is 2.79. The molecule has 1 aliphatic heterocycles. The van der Waals surface area contributed by atoms with Crippen LogP contribution in [-0.2, 0) is 0 Å². The van der Waals surface area contributed by atoms with Gasteiger partial charge in [0.2, 0.25) is 0 Å². The molecule has 3 unspecified atom stereocenters. The molecule has 2 nitrogen and oxygen atoms in total. The zero-order valence-corrected chi connectivity index (χ0v) is 11.3. The van der Waals surface area contributed by atoms with Crippen molar-refractivity contribution < 1.29 is 13.2 Å². The predicted molar refractivity (Wildman–Crippen MR) is 65.4 cm³/mol. The van der Waals surface area contributed by atoms with Gasteiger partial charge in [-0.05, 0) is 38.6 Å². The molecule has 106 valence electrons. The van der Waals surface area contributed by atoms with E-state index in [-0.39, 0.29) is 24.8 Å². The summed E-state index contributed by atoms with van der Waals surface area (Å²) in [5.74, 6) is 0.263. The fourth-order valence-electron chi connectivity index (χ4n) is 3.37. The highest BCUT2D eigenvalue weighted by Gasteiger charge is 2.68. The maximum Gasteiger partial charge on any atom is 0.406 e. The molecule has 0 aromatic heterocycles. The first-order chi connectivity index (χ1) is 8.33. The molecule has 18 heavy (non-hydrogen) atoms. The third-order valence-corrected chi connectivity index (χ3v) is 4.84. The third-order valence-electron chi connectivity index (χ3n) is 4.84. The van der Waals surface area contributed by atoms with Crippen molar-refractivity contribution in [2.45, 2.75) is 63.8 Å². The van der Waals surface area contributed by atoms with E-state index in [4.69, 9.17) is 0 Å². The molecule has 1 N–H and O–H groups in total. The Morgan fingerprint density at radius 2 is 1.89 bits per heavy atom. The average Bonchev–Trinajstić information content (AvgIpc) is 3.05. The quantitative estimate of drug-likeness (QED) is 0.843. The van der Waals surface area contributed by atoms with Gasteiger partial charge in [-0.3, -0.25) is 4.90 Å². The molecule has 0 aromatic rings. The van der Waals surface area contributed by atoms with Crippen LogP contribution in [0, 0.1) is 5.92 Å². The highest BCUT2D eigenvalue weighted by Crippen LogP contribution is 2.55. The lowest BCUT2D eigenvalue weighted by molar-refractivity contribution is -0.208. The van der Waals surface area contributed by atoms with Gasteiger partial charge in [0.25, 0.3) is 0 Å². The molecule has 0 aromatic carbocycles. The lowest BCUT2D eigenvalue weighted by Crippen LogP contribution is -2.60. The standard InChI is InChI=1S/C13H23F3N2/c1-4-17-11-5-8-18(10(3)9(11)2)12(6-7-12)13(14,15)16/h9-11,17H,4-8H2,1-3H3. The smallest absolute Gasteiger partial charge is 0.314 e. The van der Waals surface area contributed by atoms with Crippen molar-refractivity contribution in [1.82, 2.24) is 10.2 Å². The number of hydrogen-bond donors (Lipinski definition) is 1. The van der Waals surface area contributed by atoms with Crippen molar-refractivity contribution in [3.63, 3.8) is 0 Å². The van der Waals surface area contributed by atoms with Crippen LogP contribution in [0.5, 0.6) is 0 Å². The van der Waals surface area contributed by atoms with Crippen LogP contribution in [0.25, 0.3) is 0 Å². The van der Waals surface area contributed by atoms with Gasteiger partial charge in [-0.15, -0.1) is 0 Å². The Morgan fingerprint density at radius 1 is 1.28 bits per heavy atom. The summed E-state index contributed by atoms with van der Waals surface area (Å²) in [5.41, 5.74) is -1.50. The fourth-order valence-corrected chi connectivity index (χ4v) is 3.37. The first-order valence-corrected chi connectivity index (χ1v) is 6.90. The normalized spacial score (nSPS) is 36.7. The number of hydrogen-bond acceptors (Lipinski definition) is 2. The van der Waals surface area contributed by atoms with Gasteiger partial charge in [-0.25, -0.2) is 0 Å². The molecule has 1 heterocycles. The van der Waals surface area contributed by atoms with Crippen LogP contribution in [0.4, 0.5) is 13.2 Å². The van der Waals surface area contributed by atoms with Crippen molar-refractivity contribution in [3.05, 3.63) is 0 Å². The highest BCUT2D eigenvalue weighted by atomic mass is 19.4. The number of nitrogens with one attached hydrogen (secondary N) is 1. The summed E-state index contributed by atoms with van der Waals surface area (Å²) in [5, 5.41) is 3.39. The zero-order chi connectivity index (χ0) is 13.6. The monoisotopic (exact) mass is 264 g/mol. The van der Waals surface area contributed by atoms with Gasteiger partial charge in [0.15, 0.2) is 0 Å².